The Hall–Kier alpha value is -0.290. The summed E-state index contributed by atoms with van der Waals surface area (Å²) >= 11 is 0. The molecule has 0 aromatic heterocycles. The summed E-state index contributed by atoms with van der Waals surface area (Å²) in [6.45, 7) is 3.36. The molecule has 1 N–H and O–H groups in total. The Morgan fingerprint density at radius 2 is 2.18 bits per heavy atom. The molecular formula is C12H22F3NO. The minimum atomic E-state index is -4.08. The van der Waals surface area contributed by atoms with Gasteiger partial charge >= 0.3 is 6.18 Å². The van der Waals surface area contributed by atoms with E-state index in [1.807, 2.05) is 6.92 Å². The molecule has 0 aliphatic carbocycles. The van der Waals surface area contributed by atoms with Crippen LogP contribution in [0.5, 0.6) is 0 Å². The summed E-state index contributed by atoms with van der Waals surface area (Å²) in [5, 5.41) is 2.97. The van der Waals surface area contributed by atoms with Gasteiger partial charge in [0.1, 0.15) is 0 Å². The minimum Gasteiger partial charge on any atom is -0.378 e. The Morgan fingerprint density at radius 3 is 2.71 bits per heavy atom. The highest BCUT2D eigenvalue weighted by Gasteiger charge is 2.32. The number of alkyl halides is 3. The summed E-state index contributed by atoms with van der Waals surface area (Å²) in [7, 11) is 0. The summed E-state index contributed by atoms with van der Waals surface area (Å²) in [5.74, 6) is 0. The van der Waals surface area contributed by atoms with Crippen molar-refractivity contribution in [1.29, 1.82) is 0 Å². The first-order valence-electron chi connectivity index (χ1n) is 6.43. The van der Waals surface area contributed by atoms with Gasteiger partial charge in [-0.3, -0.25) is 0 Å². The Bertz CT molecular complexity index is 202. The molecule has 1 saturated heterocycles. The number of hydrogen-bond acceptors (Lipinski definition) is 2. The lowest BCUT2D eigenvalue weighted by Gasteiger charge is -2.21. The average molecular weight is 253 g/mol. The molecule has 5 heteroatoms. The molecule has 1 fully saturated rings. The van der Waals surface area contributed by atoms with Crippen LogP contribution in [0.2, 0.25) is 0 Å². The molecule has 0 amide bonds. The Labute approximate surface area is 101 Å². The average Bonchev–Trinajstić information content (AvgIpc) is 2.73. The molecule has 0 aromatic carbocycles. The molecule has 17 heavy (non-hydrogen) atoms. The van der Waals surface area contributed by atoms with Crippen LogP contribution in [0, 0.1) is 0 Å². The van der Waals surface area contributed by atoms with Gasteiger partial charge < -0.3 is 10.1 Å². The zero-order chi connectivity index (χ0) is 12.7. The summed E-state index contributed by atoms with van der Waals surface area (Å²) in [6.07, 6.45) is -0.477. The lowest BCUT2D eigenvalue weighted by molar-refractivity contribution is -0.140. The summed E-state index contributed by atoms with van der Waals surface area (Å²) in [5.41, 5.74) is 0. The number of hydrogen-bond donors (Lipinski definition) is 1. The Kier molecular flexibility index (Phi) is 6.27. The number of nitrogens with one attached hydrogen (secondary N) is 1. The smallest absolute Gasteiger partial charge is 0.378 e. The highest BCUT2D eigenvalue weighted by Crippen LogP contribution is 2.25. The first kappa shape index (κ1) is 14.8. The van der Waals surface area contributed by atoms with Gasteiger partial charge in [0.2, 0.25) is 0 Å². The molecule has 1 aliphatic rings. The van der Waals surface area contributed by atoms with Crippen LogP contribution >= 0.6 is 0 Å². The molecule has 2 unspecified atom stereocenters. The van der Waals surface area contributed by atoms with Gasteiger partial charge in [-0.15, -0.1) is 0 Å². The first-order chi connectivity index (χ1) is 8.01. The van der Waals surface area contributed by atoms with Gasteiger partial charge in [-0.05, 0) is 38.6 Å². The first-order valence-corrected chi connectivity index (χ1v) is 6.43. The van der Waals surface area contributed by atoms with Crippen molar-refractivity contribution in [3.05, 3.63) is 0 Å². The standard InChI is InChI=1S/C12H22F3NO/c1-2-7-16-10(9-12(13,14)15)5-6-11-4-3-8-17-11/h10-11,16H,2-9H2,1H3. The lowest BCUT2D eigenvalue weighted by atomic mass is 10.0. The fourth-order valence-electron chi connectivity index (χ4n) is 2.16. The van der Waals surface area contributed by atoms with Gasteiger partial charge in [-0.2, -0.15) is 13.2 Å². The van der Waals surface area contributed by atoms with E-state index < -0.39 is 18.6 Å². The van der Waals surface area contributed by atoms with Crippen LogP contribution in [0.25, 0.3) is 0 Å². The van der Waals surface area contributed by atoms with Gasteiger partial charge in [0.25, 0.3) is 0 Å². The van der Waals surface area contributed by atoms with Gasteiger partial charge in [0.15, 0.2) is 0 Å². The second kappa shape index (κ2) is 7.21. The van der Waals surface area contributed by atoms with Crippen molar-refractivity contribution in [2.45, 2.75) is 63.8 Å². The molecule has 1 heterocycles. The van der Waals surface area contributed by atoms with Gasteiger partial charge in [0.05, 0.1) is 12.5 Å². The van der Waals surface area contributed by atoms with E-state index in [0.717, 1.165) is 32.3 Å². The molecule has 0 radical (unpaired) electrons. The van der Waals surface area contributed by atoms with Crippen LogP contribution < -0.4 is 5.32 Å². The molecule has 2 atom stereocenters. The van der Waals surface area contributed by atoms with Crippen molar-refractivity contribution in [2.24, 2.45) is 0 Å². The van der Waals surface area contributed by atoms with Crippen molar-refractivity contribution in [3.63, 3.8) is 0 Å². The normalized spacial score (nSPS) is 22.9. The summed E-state index contributed by atoms with van der Waals surface area (Å²) < 4.78 is 42.5. The zero-order valence-electron chi connectivity index (χ0n) is 10.4. The summed E-state index contributed by atoms with van der Waals surface area (Å²) in [6, 6.07) is -0.459. The van der Waals surface area contributed by atoms with E-state index in [1.165, 1.54) is 0 Å². The molecule has 0 spiro atoms. The minimum absolute atomic E-state index is 0.175. The molecule has 0 bridgehead atoms. The van der Waals surface area contributed by atoms with E-state index in [-0.39, 0.29) is 6.10 Å². The largest absolute Gasteiger partial charge is 0.390 e. The fraction of sp³-hybridized carbons (Fsp3) is 1.00. The van der Waals surface area contributed by atoms with Crippen molar-refractivity contribution in [3.8, 4) is 0 Å². The van der Waals surface area contributed by atoms with Gasteiger partial charge in [0, 0.05) is 12.6 Å². The second-order valence-corrected chi connectivity index (χ2v) is 4.68. The zero-order valence-corrected chi connectivity index (χ0v) is 10.4. The van der Waals surface area contributed by atoms with Crippen LogP contribution in [0.15, 0.2) is 0 Å². The predicted octanol–water partition coefficient (Wildman–Crippen LogP) is 3.27. The SMILES string of the molecule is CCCNC(CCC1CCCO1)CC(F)(F)F. The second-order valence-electron chi connectivity index (χ2n) is 4.68. The quantitative estimate of drug-likeness (QED) is 0.752. The Morgan fingerprint density at radius 1 is 1.41 bits per heavy atom. The predicted molar refractivity (Wildman–Crippen MR) is 61.0 cm³/mol. The van der Waals surface area contributed by atoms with Crippen LogP contribution in [0.1, 0.15) is 45.4 Å². The maximum absolute atomic E-state index is 12.4. The lowest BCUT2D eigenvalue weighted by Crippen LogP contribution is -2.35. The van der Waals surface area contributed by atoms with Crippen LogP contribution in [-0.2, 0) is 4.74 Å². The monoisotopic (exact) mass is 253 g/mol. The van der Waals surface area contributed by atoms with E-state index in [9.17, 15) is 13.2 Å². The van der Waals surface area contributed by atoms with Crippen molar-refractivity contribution in [1.82, 2.24) is 5.32 Å². The maximum Gasteiger partial charge on any atom is 0.390 e. The third-order valence-electron chi connectivity index (χ3n) is 3.02. The molecule has 102 valence electrons. The summed E-state index contributed by atoms with van der Waals surface area (Å²) in [4.78, 5) is 0. The number of rotatable bonds is 7. The van der Waals surface area contributed by atoms with E-state index in [0.29, 0.717) is 13.0 Å². The van der Waals surface area contributed by atoms with Crippen LogP contribution in [0.3, 0.4) is 0 Å². The van der Waals surface area contributed by atoms with E-state index >= 15 is 0 Å². The van der Waals surface area contributed by atoms with Crippen molar-refractivity contribution in [2.75, 3.05) is 13.2 Å². The van der Waals surface area contributed by atoms with Crippen molar-refractivity contribution < 1.29 is 17.9 Å². The highest BCUT2D eigenvalue weighted by molar-refractivity contribution is 4.74. The Balaban J connectivity index is 2.28. The fourth-order valence-corrected chi connectivity index (χ4v) is 2.16. The maximum atomic E-state index is 12.4. The van der Waals surface area contributed by atoms with E-state index in [4.69, 9.17) is 4.74 Å². The van der Waals surface area contributed by atoms with Gasteiger partial charge in [-0.25, -0.2) is 0 Å². The molecule has 1 rings (SSSR count). The third kappa shape index (κ3) is 6.88. The van der Waals surface area contributed by atoms with E-state index in [2.05, 4.69) is 5.32 Å². The molecule has 0 aromatic rings. The number of ether oxygens (including phenoxy) is 1. The highest BCUT2D eigenvalue weighted by atomic mass is 19.4. The van der Waals surface area contributed by atoms with Crippen molar-refractivity contribution >= 4 is 0 Å². The van der Waals surface area contributed by atoms with E-state index in [1.54, 1.807) is 0 Å². The third-order valence-corrected chi connectivity index (χ3v) is 3.02. The van der Waals surface area contributed by atoms with Crippen LogP contribution in [-0.4, -0.2) is 31.5 Å². The molecule has 2 nitrogen and oxygen atoms in total. The topological polar surface area (TPSA) is 21.3 Å². The number of halogens is 3. The molecule has 1 aliphatic heterocycles. The molecular weight excluding hydrogens is 231 g/mol. The molecule has 0 saturated carbocycles. The van der Waals surface area contributed by atoms with Crippen LogP contribution in [0.4, 0.5) is 13.2 Å². The van der Waals surface area contributed by atoms with Gasteiger partial charge in [-0.1, -0.05) is 6.92 Å².